The Balaban J connectivity index is 1.64. The van der Waals surface area contributed by atoms with Crippen molar-refractivity contribution in [3.8, 4) is 11.1 Å². The fourth-order valence-electron chi connectivity index (χ4n) is 3.71. The lowest BCUT2D eigenvalue weighted by atomic mass is 10.0. The average molecular weight is 370 g/mol. The molecule has 0 radical (unpaired) electrons. The zero-order valence-corrected chi connectivity index (χ0v) is 15.2. The van der Waals surface area contributed by atoms with E-state index >= 15 is 0 Å². The van der Waals surface area contributed by atoms with Crippen molar-refractivity contribution in [2.24, 2.45) is 0 Å². The Morgan fingerprint density at radius 3 is 2.68 bits per heavy atom. The molecule has 0 saturated heterocycles. The van der Waals surface area contributed by atoms with Gasteiger partial charge < -0.3 is 10.3 Å². The van der Waals surface area contributed by atoms with Crippen LogP contribution in [0.3, 0.4) is 0 Å². The van der Waals surface area contributed by atoms with Gasteiger partial charge in [-0.05, 0) is 29.8 Å². The van der Waals surface area contributed by atoms with Crippen molar-refractivity contribution >= 4 is 27.5 Å². The number of nitrogens with one attached hydrogen (secondary N) is 2. The fraction of sp³-hybridized carbons (Fsp3) is 0.0870. The molecule has 0 saturated carbocycles. The van der Waals surface area contributed by atoms with Crippen LogP contribution in [-0.4, -0.2) is 21.3 Å². The van der Waals surface area contributed by atoms with E-state index in [4.69, 9.17) is 0 Å². The summed E-state index contributed by atoms with van der Waals surface area (Å²) in [5, 5.41) is 9.75. The van der Waals surface area contributed by atoms with E-state index in [1.807, 2.05) is 35.1 Å². The van der Waals surface area contributed by atoms with Crippen molar-refractivity contribution in [2.75, 3.05) is 11.9 Å². The van der Waals surface area contributed by atoms with Crippen molar-refractivity contribution in [1.82, 2.24) is 14.8 Å². The first kappa shape index (κ1) is 16.6. The van der Waals surface area contributed by atoms with Crippen LogP contribution in [0.1, 0.15) is 0 Å². The predicted molar refractivity (Wildman–Crippen MR) is 112 cm³/mol. The third-order valence-corrected chi connectivity index (χ3v) is 5.02. The zero-order valence-electron chi connectivity index (χ0n) is 15.2. The second-order valence-electron chi connectivity index (χ2n) is 6.79. The molecule has 0 aliphatic rings. The lowest BCUT2D eigenvalue weighted by Crippen LogP contribution is -2.11. The van der Waals surface area contributed by atoms with Gasteiger partial charge >= 0.3 is 0 Å². The number of H-pyrrole nitrogens is 1. The van der Waals surface area contributed by atoms with Gasteiger partial charge in [0.05, 0.1) is 17.7 Å². The van der Waals surface area contributed by atoms with E-state index in [9.17, 15) is 4.39 Å². The summed E-state index contributed by atoms with van der Waals surface area (Å²) in [6.07, 6.45) is 3.73. The van der Waals surface area contributed by atoms with Crippen LogP contribution >= 0.6 is 0 Å². The Morgan fingerprint density at radius 2 is 1.86 bits per heavy atom. The molecule has 5 heteroatoms. The van der Waals surface area contributed by atoms with Crippen LogP contribution < -0.4 is 5.32 Å². The summed E-state index contributed by atoms with van der Waals surface area (Å²) in [5.74, 6) is -0.228. The fourth-order valence-corrected chi connectivity index (χ4v) is 3.71. The molecule has 2 N–H and O–H groups in total. The Hall–Kier alpha value is -3.60. The summed E-state index contributed by atoms with van der Waals surface area (Å²) in [7, 11) is 0. The highest BCUT2D eigenvalue weighted by atomic mass is 19.1. The van der Waals surface area contributed by atoms with Crippen LogP contribution in [0.5, 0.6) is 0 Å². The van der Waals surface area contributed by atoms with Gasteiger partial charge in [-0.2, -0.15) is 5.10 Å². The molecule has 5 aromatic rings. The van der Waals surface area contributed by atoms with E-state index in [1.54, 1.807) is 18.3 Å². The first-order valence-electron chi connectivity index (χ1n) is 9.30. The molecule has 3 aromatic carbocycles. The average Bonchev–Trinajstić information content (AvgIpc) is 3.36. The second kappa shape index (κ2) is 6.85. The van der Waals surface area contributed by atoms with Gasteiger partial charge in [0.1, 0.15) is 5.82 Å². The van der Waals surface area contributed by atoms with Crippen LogP contribution in [-0.2, 0) is 6.54 Å². The van der Waals surface area contributed by atoms with Gasteiger partial charge in [-0.1, -0.05) is 42.5 Å². The minimum absolute atomic E-state index is 0.228. The van der Waals surface area contributed by atoms with E-state index in [1.165, 1.54) is 6.07 Å². The molecule has 0 unspecified atom stereocenters. The Labute approximate surface area is 161 Å². The van der Waals surface area contributed by atoms with Gasteiger partial charge in [0.2, 0.25) is 0 Å². The molecule has 0 amide bonds. The quantitative estimate of drug-likeness (QED) is 0.433. The summed E-state index contributed by atoms with van der Waals surface area (Å²) < 4.78 is 15.7. The van der Waals surface area contributed by atoms with Crippen LogP contribution in [0.25, 0.3) is 32.9 Å². The summed E-state index contributed by atoms with van der Waals surface area (Å²) in [6.45, 7) is 1.48. The molecule has 0 fully saturated rings. The van der Waals surface area contributed by atoms with E-state index in [0.29, 0.717) is 0 Å². The molecule has 0 aliphatic heterocycles. The predicted octanol–water partition coefficient (Wildman–Crippen LogP) is 5.44. The Morgan fingerprint density at radius 1 is 0.964 bits per heavy atom. The maximum Gasteiger partial charge on any atom is 0.123 e. The molecule has 0 atom stereocenters. The number of aromatic amines is 1. The molecule has 0 spiro atoms. The normalized spacial score (nSPS) is 11.3. The summed E-state index contributed by atoms with van der Waals surface area (Å²) in [5.41, 5.74) is 5.18. The number of halogens is 1. The van der Waals surface area contributed by atoms with E-state index < -0.39 is 0 Å². The van der Waals surface area contributed by atoms with Crippen LogP contribution in [0.15, 0.2) is 79.1 Å². The minimum Gasteiger partial charge on any atom is -0.381 e. The molecule has 0 bridgehead atoms. The van der Waals surface area contributed by atoms with Crippen LogP contribution in [0.4, 0.5) is 10.1 Å². The lowest BCUT2D eigenvalue weighted by molar-refractivity contribution is 0.630. The summed E-state index contributed by atoms with van der Waals surface area (Å²) in [4.78, 5) is 3.48. The van der Waals surface area contributed by atoms with Gasteiger partial charge in [-0.25, -0.2) is 4.39 Å². The number of rotatable bonds is 5. The second-order valence-corrected chi connectivity index (χ2v) is 6.79. The molecule has 2 heterocycles. The van der Waals surface area contributed by atoms with E-state index in [2.05, 4.69) is 39.7 Å². The zero-order chi connectivity index (χ0) is 18.9. The number of aromatic nitrogens is 3. The highest BCUT2D eigenvalue weighted by Gasteiger charge is 2.14. The summed E-state index contributed by atoms with van der Waals surface area (Å²) in [6, 6.07) is 21.2. The number of benzene rings is 3. The maximum atomic E-state index is 13.8. The van der Waals surface area contributed by atoms with E-state index in [0.717, 1.165) is 51.7 Å². The Kier molecular flexibility index (Phi) is 4.05. The third-order valence-electron chi connectivity index (χ3n) is 5.02. The standard InChI is InChI=1S/C23H19FN4/c24-17-7-10-21-20(15-17)19-9-8-18(16-5-2-1-3-6-16)22(23(19)27-21)25-12-14-28-13-4-11-26-28/h1-11,13,15,25,27H,12,14H2. The van der Waals surface area contributed by atoms with Gasteiger partial charge in [0.15, 0.2) is 0 Å². The van der Waals surface area contributed by atoms with Crippen molar-refractivity contribution < 1.29 is 4.39 Å². The molecule has 138 valence electrons. The van der Waals surface area contributed by atoms with Gasteiger partial charge in [-0.3, -0.25) is 4.68 Å². The minimum atomic E-state index is -0.228. The highest BCUT2D eigenvalue weighted by molar-refractivity contribution is 6.13. The monoisotopic (exact) mass is 370 g/mol. The smallest absolute Gasteiger partial charge is 0.123 e. The van der Waals surface area contributed by atoms with E-state index in [-0.39, 0.29) is 5.82 Å². The van der Waals surface area contributed by atoms with Crippen molar-refractivity contribution in [3.05, 3.63) is 84.9 Å². The molecule has 5 rings (SSSR count). The van der Waals surface area contributed by atoms with Crippen molar-refractivity contribution in [2.45, 2.75) is 6.54 Å². The highest BCUT2D eigenvalue weighted by Crippen LogP contribution is 2.37. The molecular weight excluding hydrogens is 351 g/mol. The number of nitrogens with zero attached hydrogens (tertiary/aromatic N) is 2. The van der Waals surface area contributed by atoms with Crippen LogP contribution in [0, 0.1) is 5.82 Å². The first-order valence-corrected chi connectivity index (χ1v) is 9.30. The SMILES string of the molecule is Fc1ccc2[nH]c3c(NCCn4cccn4)c(-c4ccccc4)ccc3c2c1. The first-order chi connectivity index (χ1) is 13.8. The maximum absolute atomic E-state index is 13.8. The molecular formula is C23H19FN4. The summed E-state index contributed by atoms with van der Waals surface area (Å²) >= 11 is 0. The number of anilines is 1. The third kappa shape index (κ3) is 2.91. The molecule has 4 nitrogen and oxygen atoms in total. The van der Waals surface area contributed by atoms with Gasteiger partial charge in [0, 0.05) is 40.8 Å². The number of hydrogen-bond acceptors (Lipinski definition) is 2. The molecule has 28 heavy (non-hydrogen) atoms. The van der Waals surface area contributed by atoms with Crippen molar-refractivity contribution in [3.63, 3.8) is 0 Å². The Bertz CT molecular complexity index is 1240. The lowest BCUT2D eigenvalue weighted by Gasteiger charge is -2.14. The van der Waals surface area contributed by atoms with Gasteiger partial charge in [0.25, 0.3) is 0 Å². The number of hydrogen-bond donors (Lipinski definition) is 2. The molecule has 0 aliphatic carbocycles. The van der Waals surface area contributed by atoms with Crippen LogP contribution in [0.2, 0.25) is 0 Å². The van der Waals surface area contributed by atoms with Crippen molar-refractivity contribution in [1.29, 1.82) is 0 Å². The topological polar surface area (TPSA) is 45.6 Å². The number of fused-ring (bicyclic) bond motifs is 3. The van der Waals surface area contributed by atoms with Gasteiger partial charge in [-0.15, -0.1) is 0 Å². The molecule has 2 aromatic heterocycles. The largest absolute Gasteiger partial charge is 0.381 e.